The van der Waals surface area contributed by atoms with Crippen LogP contribution < -0.4 is 5.32 Å². The molecule has 1 aliphatic rings. The van der Waals surface area contributed by atoms with Gasteiger partial charge in [0.05, 0.1) is 17.1 Å². The summed E-state index contributed by atoms with van der Waals surface area (Å²) >= 11 is 7.65. The average Bonchev–Trinajstić information content (AvgIpc) is 2.93. The zero-order chi connectivity index (χ0) is 14.1. The zero-order valence-corrected chi connectivity index (χ0v) is 11.9. The van der Waals surface area contributed by atoms with E-state index >= 15 is 0 Å². The Hall–Kier alpha value is -1.72. The quantitative estimate of drug-likeness (QED) is 0.868. The van der Waals surface area contributed by atoms with Gasteiger partial charge in [0.1, 0.15) is 0 Å². The minimum absolute atomic E-state index is 0.241. The average molecular weight is 307 g/mol. The van der Waals surface area contributed by atoms with E-state index in [9.17, 15) is 9.59 Å². The lowest BCUT2D eigenvalue weighted by Gasteiger charge is -2.29. The standard InChI is InChI=1S/C14H11ClN2O2S/c15-10-4-2-1-3-8(10)13-9(11-6-20-7-16-11)5-12(18)17-14(13)19/h1-4,6-7,9,13H,5H2,(H,17,18,19). The van der Waals surface area contributed by atoms with Crippen LogP contribution in [-0.4, -0.2) is 16.8 Å². The SMILES string of the molecule is O=C1CC(c2cscn2)C(c2ccccc2Cl)C(=O)N1. The van der Waals surface area contributed by atoms with Gasteiger partial charge < -0.3 is 0 Å². The molecule has 6 heteroatoms. The Bertz CT molecular complexity index is 657. The van der Waals surface area contributed by atoms with Gasteiger partial charge >= 0.3 is 0 Å². The van der Waals surface area contributed by atoms with Crippen LogP contribution in [0.5, 0.6) is 0 Å². The summed E-state index contributed by atoms with van der Waals surface area (Å²) in [4.78, 5) is 28.2. The predicted molar refractivity (Wildman–Crippen MR) is 76.8 cm³/mol. The molecular formula is C14H11ClN2O2S. The molecule has 2 aromatic rings. The molecule has 20 heavy (non-hydrogen) atoms. The summed E-state index contributed by atoms with van der Waals surface area (Å²) in [5.74, 6) is -1.32. The molecule has 1 aliphatic heterocycles. The lowest BCUT2D eigenvalue weighted by molar-refractivity contribution is -0.135. The van der Waals surface area contributed by atoms with Crippen molar-refractivity contribution in [1.82, 2.24) is 10.3 Å². The molecule has 2 atom stereocenters. The number of imide groups is 1. The number of carbonyl (C=O) groups excluding carboxylic acids is 2. The van der Waals surface area contributed by atoms with Gasteiger partial charge in [-0.2, -0.15) is 0 Å². The van der Waals surface area contributed by atoms with Crippen LogP contribution in [0.15, 0.2) is 35.2 Å². The molecule has 3 rings (SSSR count). The first-order valence-electron chi connectivity index (χ1n) is 6.13. The van der Waals surface area contributed by atoms with E-state index in [1.807, 2.05) is 23.6 Å². The second-order valence-corrected chi connectivity index (χ2v) is 5.76. The number of piperidine rings is 1. The van der Waals surface area contributed by atoms with Crippen LogP contribution in [0.4, 0.5) is 0 Å². The fourth-order valence-corrected chi connectivity index (χ4v) is 3.40. The van der Waals surface area contributed by atoms with Gasteiger partial charge in [-0.3, -0.25) is 14.9 Å². The molecule has 2 heterocycles. The van der Waals surface area contributed by atoms with Gasteiger partial charge in [0.15, 0.2) is 0 Å². The van der Waals surface area contributed by atoms with Gasteiger partial charge in [-0.25, -0.2) is 4.98 Å². The van der Waals surface area contributed by atoms with E-state index < -0.39 is 5.92 Å². The maximum atomic E-state index is 12.2. The third-order valence-electron chi connectivity index (χ3n) is 3.42. The van der Waals surface area contributed by atoms with E-state index in [1.54, 1.807) is 11.6 Å². The number of benzene rings is 1. The van der Waals surface area contributed by atoms with E-state index in [2.05, 4.69) is 10.3 Å². The minimum Gasteiger partial charge on any atom is -0.296 e. The number of hydrogen-bond acceptors (Lipinski definition) is 4. The number of carbonyl (C=O) groups is 2. The van der Waals surface area contributed by atoms with E-state index in [0.29, 0.717) is 5.02 Å². The largest absolute Gasteiger partial charge is 0.296 e. The number of amides is 2. The number of nitrogens with one attached hydrogen (secondary N) is 1. The summed E-state index contributed by atoms with van der Waals surface area (Å²) in [6.07, 6.45) is 0.241. The molecule has 1 N–H and O–H groups in total. The molecule has 4 nitrogen and oxygen atoms in total. The maximum absolute atomic E-state index is 12.2. The van der Waals surface area contributed by atoms with Gasteiger partial charge in [0, 0.05) is 22.7 Å². The van der Waals surface area contributed by atoms with Gasteiger partial charge in [0.25, 0.3) is 0 Å². The summed E-state index contributed by atoms with van der Waals surface area (Å²) in [6, 6.07) is 7.22. The van der Waals surface area contributed by atoms with Crippen molar-refractivity contribution in [2.45, 2.75) is 18.3 Å². The second-order valence-electron chi connectivity index (χ2n) is 4.64. The predicted octanol–water partition coefficient (Wildman–Crippen LogP) is 2.71. The summed E-state index contributed by atoms with van der Waals surface area (Å²) in [7, 11) is 0. The Morgan fingerprint density at radius 1 is 1.30 bits per heavy atom. The Kier molecular flexibility index (Phi) is 3.54. The first-order chi connectivity index (χ1) is 9.66. The molecule has 0 spiro atoms. The Morgan fingerprint density at radius 2 is 2.10 bits per heavy atom. The first-order valence-corrected chi connectivity index (χ1v) is 7.45. The van der Waals surface area contributed by atoms with E-state index in [1.165, 1.54) is 11.3 Å². The Labute approximate surface area is 124 Å². The number of halogens is 1. The lowest BCUT2D eigenvalue weighted by atomic mass is 9.79. The van der Waals surface area contributed by atoms with Crippen molar-refractivity contribution >= 4 is 34.8 Å². The van der Waals surface area contributed by atoms with Crippen molar-refractivity contribution in [3.05, 3.63) is 51.4 Å². The van der Waals surface area contributed by atoms with Crippen LogP contribution in [-0.2, 0) is 9.59 Å². The van der Waals surface area contributed by atoms with Crippen LogP contribution in [0.2, 0.25) is 5.02 Å². The van der Waals surface area contributed by atoms with Crippen LogP contribution in [0.25, 0.3) is 0 Å². The van der Waals surface area contributed by atoms with Crippen molar-refractivity contribution in [2.24, 2.45) is 0 Å². The number of hydrogen-bond donors (Lipinski definition) is 1. The highest BCUT2D eigenvalue weighted by molar-refractivity contribution is 7.07. The molecule has 1 aromatic carbocycles. The second kappa shape index (κ2) is 5.34. The molecular weight excluding hydrogens is 296 g/mol. The van der Waals surface area contributed by atoms with Crippen LogP contribution in [0, 0.1) is 0 Å². The van der Waals surface area contributed by atoms with Gasteiger partial charge in [-0.15, -0.1) is 11.3 Å². The number of rotatable bonds is 2. The van der Waals surface area contributed by atoms with Crippen LogP contribution >= 0.6 is 22.9 Å². The summed E-state index contributed by atoms with van der Waals surface area (Å²) in [5.41, 5.74) is 3.20. The van der Waals surface area contributed by atoms with E-state index in [4.69, 9.17) is 11.6 Å². The van der Waals surface area contributed by atoms with Gasteiger partial charge in [0.2, 0.25) is 11.8 Å². The molecule has 1 fully saturated rings. The van der Waals surface area contributed by atoms with E-state index in [-0.39, 0.29) is 24.2 Å². The third kappa shape index (κ3) is 2.34. The van der Waals surface area contributed by atoms with Gasteiger partial charge in [-0.1, -0.05) is 29.8 Å². The fraction of sp³-hybridized carbons (Fsp3) is 0.214. The molecule has 0 saturated carbocycles. The monoisotopic (exact) mass is 306 g/mol. The number of thiazole rings is 1. The van der Waals surface area contributed by atoms with Crippen molar-refractivity contribution in [3.63, 3.8) is 0 Å². The highest BCUT2D eigenvalue weighted by Gasteiger charge is 2.39. The minimum atomic E-state index is -0.483. The van der Waals surface area contributed by atoms with Crippen molar-refractivity contribution in [1.29, 1.82) is 0 Å². The molecule has 2 amide bonds. The maximum Gasteiger partial charge on any atom is 0.234 e. The first kappa shape index (κ1) is 13.3. The van der Waals surface area contributed by atoms with Gasteiger partial charge in [-0.05, 0) is 11.6 Å². The lowest BCUT2D eigenvalue weighted by Crippen LogP contribution is -2.43. The molecule has 1 saturated heterocycles. The molecule has 1 aromatic heterocycles. The third-order valence-corrected chi connectivity index (χ3v) is 4.37. The highest BCUT2D eigenvalue weighted by Crippen LogP contribution is 2.40. The highest BCUT2D eigenvalue weighted by atomic mass is 35.5. The number of nitrogens with zero attached hydrogens (tertiary/aromatic N) is 1. The normalized spacial score (nSPS) is 22.6. The summed E-state index contributed by atoms with van der Waals surface area (Å²) < 4.78 is 0. The molecule has 0 radical (unpaired) electrons. The van der Waals surface area contributed by atoms with Crippen molar-refractivity contribution in [2.75, 3.05) is 0 Å². The molecule has 102 valence electrons. The zero-order valence-electron chi connectivity index (χ0n) is 10.4. The van der Waals surface area contributed by atoms with Crippen LogP contribution in [0.1, 0.15) is 29.5 Å². The Morgan fingerprint density at radius 3 is 2.80 bits per heavy atom. The number of aromatic nitrogens is 1. The fourth-order valence-electron chi connectivity index (χ4n) is 2.53. The van der Waals surface area contributed by atoms with E-state index in [0.717, 1.165) is 11.3 Å². The molecule has 2 unspecified atom stereocenters. The smallest absolute Gasteiger partial charge is 0.234 e. The molecule has 0 bridgehead atoms. The summed E-state index contributed by atoms with van der Waals surface area (Å²) in [5, 5.41) is 4.79. The van der Waals surface area contributed by atoms with Crippen LogP contribution in [0.3, 0.4) is 0 Å². The Balaban J connectivity index is 2.07. The summed E-state index contributed by atoms with van der Waals surface area (Å²) in [6.45, 7) is 0. The van der Waals surface area contributed by atoms with Crippen molar-refractivity contribution < 1.29 is 9.59 Å². The molecule has 0 aliphatic carbocycles. The van der Waals surface area contributed by atoms with Crippen molar-refractivity contribution in [3.8, 4) is 0 Å². The topological polar surface area (TPSA) is 59.1 Å².